The van der Waals surface area contributed by atoms with Gasteiger partial charge in [-0.2, -0.15) is 0 Å². The van der Waals surface area contributed by atoms with E-state index in [2.05, 4.69) is 0 Å². The number of benzene rings is 1. The first-order chi connectivity index (χ1) is 11.4. The molecule has 0 N–H and O–H groups in total. The number of hydrogen-bond donors (Lipinski definition) is 0. The van der Waals surface area contributed by atoms with Gasteiger partial charge in [0.2, 0.25) is 5.91 Å². The van der Waals surface area contributed by atoms with Crippen molar-refractivity contribution in [1.82, 2.24) is 9.80 Å². The van der Waals surface area contributed by atoms with E-state index in [1.54, 1.807) is 17.0 Å². The fraction of sp³-hybridized carbons (Fsp3) is 0.529. The Kier molecular flexibility index (Phi) is 4.62. The molecule has 3 rings (SSSR count). The van der Waals surface area contributed by atoms with Crippen LogP contribution in [0.5, 0.6) is 0 Å². The second-order valence-corrected chi connectivity index (χ2v) is 8.56. The van der Waals surface area contributed by atoms with E-state index in [1.807, 2.05) is 4.90 Å². The van der Waals surface area contributed by atoms with Crippen molar-refractivity contribution in [2.75, 3.05) is 32.4 Å². The molecule has 0 spiro atoms. The highest BCUT2D eigenvalue weighted by molar-refractivity contribution is 7.90. The normalized spacial score (nSPS) is 19.0. The number of rotatable bonds is 3. The van der Waals surface area contributed by atoms with Crippen molar-refractivity contribution in [2.24, 2.45) is 5.92 Å². The smallest absolute Gasteiger partial charge is 0.253 e. The van der Waals surface area contributed by atoms with E-state index in [0.29, 0.717) is 31.7 Å². The lowest BCUT2D eigenvalue weighted by atomic mass is 10.2. The van der Waals surface area contributed by atoms with Crippen molar-refractivity contribution in [3.05, 3.63) is 29.8 Å². The summed E-state index contributed by atoms with van der Waals surface area (Å²) in [6, 6.07) is 6.03. The second kappa shape index (κ2) is 6.55. The molecule has 1 aromatic carbocycles. The van der Waals surface area contributed by atoms with Gasteiger partial charge in [0.25, 0.3) is 5.91 Å². The standard InChI is InChI=1S/C17H22N2O4S/c1-24(22,23)15-7-5-14(6-8-15)17(21)19-10-2-9-18(11-12-19)16(20)13-3-4-13/h5-8,13H,2-4,9-12H2,1H3. The highest BCUT2D eigenvalue weighted by Crippen LogP contribution is 2.31. The van der Waals surface area contributed by atoms with Gasteiger partial charge < -0.3 is 9.80 Å². The second-order valence-electron chi connectivity index (χ2n) is 6.54. The van der Waals surface area contributed by atoms with Gasteiger partial charge in [0.05, 0.1) is 4.90 Å². The number of nitrogens with zero attached hydrogens (tertiary/aromatic N) is 2. The van der Waals surface area contributed by atoms with Crippen LogP contribution in [0.15, 0.2) is 29.2 Å². The van der Waals surface area contributed by atoms with Crippen LogP contribution in [0.25, 0.3) is 0 Å². The lowest BCUT2D eigenvalue weighted by molar-refractivity contribution is -0.132. The third-order valence-corrected chi connectivity index (χ3v) is 5.68. The summed E-state index contributed by atoms with van der Waals surface area (Å²) < 4.78 is 23.0. The molecule has 1 aliphatic heterocycles. The Bertz CT molecular complexity index is 738. The molecular weight excluding hydrogens is 328 g/mol. The molecule has 0 radical (unpaired) electrons. The third-order valence-electron chi connectivity index (χ3n) is 4.55. The fourth-order valence-electron chi connectivity index (χ4n) is 2.96. The van der Waals surface area contributed by atoms with Crippen molar-refractivity contribution < 1.29 is 18.0 Å². The van der Waals surface area contributed by atoms with Crippen LogP contribution in [0.1, 0.15) is 29.6 Å². The molecule has 0 unspecified atom stereocenters. The van der Waals surface area contributed by atoms with Crippen LogP contribution < -0.4 is 0 Å². The van der Waals surface area contributed by atoms with Crippen LogP contribution in [0.4, 0.5) is 0 Å². The Labute approximate surface area is 142 Å². The molecule has 1 heterocycles. The zero-order valence-electron chi connectivity index (χ0n) is 13.8. The molecule has 130 valence electrons. The highest BCUT2D eigenvalue weighted by atomic mass is 32.2. The Morgan fingerprint density at radius 3 is 2.12 bits per heavy atom. The molecule has 1 aromatic rings. The van der Waals surface area contributed by atoms with Crippen molar-refractivity contribution in [1.29, 1.82) is 0 Å². The first kappa shape index (κ1) is 17.0. The van der Waals surface area contributed by atoms with Crippen molar-refractivity contribution in [3.63, 3.8) is 0 Å². The molecule has 2 aliphatic rings. The van der Waals surface area contributed by atoms with E-state index >= 15 is 0 Å². The topological polar surface area (TPSA) is 74.8 Å². The Morgan fingerprint density at radius 2 is 1.54 bits per heavy atom. The number of carbonyl (C=O) groups is 2. The van der Waals surface area contributed by atoms with Crippen LogP contribution in [0, 0.1) is 5.92 Å². The summed E-state index contributed by atoms with van der Waals surface area (Å²) in [7, 11) is -3.26. The van der Waals surface area contributed by atoms with E-state index in [1.165, 1.54) is 12.1 Å². The van der Waals surface area contributed by atoms with E-state index in [0.717, 1.165) is 25.5 Å². The minimum Gasteiger partial charge on any atom is -0.341 e. The van der Waals surface area contributed by atoms with Crippen molar-refractivity contribution in [3.8, 4) is 0 Å². The van der Waals surface area contributed by atoms with Gasteiger partial charge in [-0.05, 0) is 43.5 Å². The molecule has 24 heavy (non-hydrogen) atoms. The van der Waals surface area contributed by atoms with Crippen LogP contribution in [0.2, 0.25) is 0 Å². The van der Waals surface area contributed by atoms with Crippen LogP contribution in [-0.4, -0.2) is 62.5 Å². The van der Waals surface area contributed by atoms with Crippen LogP contribution in [-0.2, 0) is 14.6 Å². The molecule has 1 saturated carbocycles. The lowest BCUT2D eigenvalue weighted by Crippen LogP contribution is -2.38. The van der Waals surface area contributed by atoms with Gasteiger partial charge in [-0.15, -0.1) is 0 Å². The predicted molar refractivity (Wildman–Crippen MR) is 89.4 cm³/mol. The number of hydrogen-bond acceptors (Lipinski definition) is 4. The van der Waals surface area contributed by atoms with Crippen LogP contribution >= 0.6 is 0 Å². The number of sulfone groups is 1. The molecule has 7 heteroatoms. The van der Waals surface area contributed by atoms with E-state index < -0.39 is 9.84 Å². The molecule has 1 saturated heterocycles. The number of amides is 2. The quantitative estimate of drug-likeness (QED) is 0.820. The Hall–Kier alpha value is -1.89. The minimum absolute atomic E-state index is 0.115. The average molecular weight is 350 g/mol. The SMILES string of the molecule is CS(=O)(=O)c1ccc(C(=O)N2CCCN(C(=O)C3CC3)CC2)cc1. The first-order valence-corrected chi connectivity index (χ1v) is 10.1. The maximum atomic E-state index is 12.6. The first-order valence-electron chi connectivity index (χ1n) is 8.24. The van der Waals surface area contributed by atoms with E-state index in [4.69, 9.17) is 0 Å². The molecule has 0 atom stereocenters. The minimum atomic E-state index is -3.26. The van der Waals surface area contributed by atoms with Crippen LogP contribution in [0.3, 0.4) is 0 Å². The third kappa shape index (κ3) is 3.77. The van der Waals surface area contributed by atoms with Gasteiger partial charge in [-0.25, -0.2) is 8.42 Å². The largest absolute Gasteiger partial charge is 0.341 e. The van der Waals surface area contributed by atoms with Gasteiger partial charge in [0, 0.05) is 43.9 Å². The predicted octanol–water partition coefficient (Wildman–Crippen LogP) is 1.17. The van der Waals surface area contributed by atoms with Gasteiger partial charge >= 0.3 is 0 Å². The van der Waals surface area contributed by atoms with Gasteiger partial charge in [0.1, 0.15) is 0 Å². The number of carbonyl (C=O) groups excluding carboxylic acids is 2. The summed E-state index contributed by atoms with van der Waals surface area (Å²) in [6.07, 6.45) is 3.89. The zero-order valence-corrected chi connectivity index (χ0v) is 14.6. The van der Waals surface area contributed by atoms with Crippen molar-refractivity contribution in [2.45, 2.75) is 24.2 Å². The molecule has 1 aliphatic carbocycles. The molecule has 2 fully saturated rings. The summed E-state index contributed by atoms with van der Waals surface area (Å²) >= 11 is 0. The maximum absolute atomic E-state index is 12.6. The molecule has 2 amide bonds. The van der Waals surface area contributed by atoms with E-state index in [-0.39, 0.29) is 22.6 Å². The molecule has 6 nitrogen and oxygen atoms in total. The summed E-state index contributed by atoms with van der Waals surface area (Å²) in [5, 5.41) is 0. The molecule has 0 aromatic heterocycles. The summed E-state index contributed by atoms with van der Waals surface area (Å²) in [5.41, 5.74) is 0.476. The Balaban J connectivity index is 1.65. The fourth-order valence-corrected chi connectivity index (χ4v) is 3.59. The highest BCUT2D eigenvalue weighted by Gasteiger charge is 2.34. The monoisotopic (exact) mass is 350 g/mol. The van der Waals surface area contributed by atoms with Gasteiger partial charge in [-0.1, -0.05) is 0 Å². The van der Waals surface area contributed by atoms with E-state index in [9.17, 15) is 18.0 Å². The molecule has 0 bridgehead atoms. The summed E-state index contributed by atoms with van der Waals surface area (Å²) in [5.74, 6) is 0.313. The summed E-state index contributed by atoms with van der Waals surface area (Å²) in [4.78, 5) is 28.6. The average Bonchev–Trinajstić information content (AvgIpc) is 3.39. The Morgan fingerprint density at radius 1 is 0.958 bits per heavy atom. The zero-order chi connectivity index (χ0) is 17.3. The van der Waals surface area contributed by atoms with Gasteiger partial charge in [-0.3, -0.25) is 9.59 Å². The maximum Gasteiger partial charge on any atom is 0.253 e. The lowest BCUT2D eigenvalue weighted by Gasteiger charge is -2.22. The van der Waals surface area contributed by atoms with Gasteiger partial charge in [0.15, 0.2) is 9.84 Å². The molecular formula is C17H22N2O4S. The van der Waals surface area contributed by atoms with Crippen molar-refractivity contribution >= 4 is 21.7 Å². The summed E-state index contributed by atoms with van der Waals surface area (Å²) in [6.45, 7) is 2.40.